The van der Waals surface area contributed by atoms with E-state index >= 15 is 0 Å². The molecule has 1 fully saturated rings. The number of hydrogen-bond acceptors (Lipinski definition) is 5. The molecule has 0 aliphatic heterocycles. The molecule has 3 N–H and O–H groups in total. The molecule has 1 heterocycles. The minimum Gasteiger partial charge on any atom is -0.369 e. The highest BCUT2D eigenvalue weighted by Gasteiger charge is 2.30. The highest BCUT2D eigenvalue weighted by atomic mass is 35.5. The third-order valence-electron chi connectivity index (χ3n) is 4.41. The molecule has 1 amide bonds. The van der Waals surface area contributed by atoms with Crippen molar-refractivity contribution in [1.29, 1.82) is 0 Å². The minimum absolute atomic E-state index is 0.0418. The third kappa shape index (κ3) is 3.53. The number of para-hydroxylation sites is 1. The first kappa shape index (κ1) is 17.3. The standard InChI is InChI=1S/C19H18ClN3O2S/c1-10-3-2-4-13(20)16(10)22-18(25)12-7-8-14-15(9-12)26-19(21-14)23-17(24)11-5-6-11/h2-4,7-9,11,18,22,25H,5-6H2,1H3,(H,21,23,24). The second-order valence-corrected chi connectivity index (χ2v) is 7.93. The zero-order valence-electron chi connectivity index (χ0n) is 14.1. The molecule has 134 valence electrons. The van der Waals surface area contributed by atoms with Crippen LogP contribution in [0.3, 0.4) is 0 Å². The molecule has 1 unspecified atom stereocenters. The Labute approximate surface area is 160 Å². The maximum Gasteiger partial charge on any atom is 0.229 e. The molecular weight excluding hydrogens is 370 g/mol. The van der Waals surface area contributed by atoms with E-state index in [-0.39, 0.29) is 11.8 Å². The van der Waals surface area contributed by atoms with Crippen LogP contribution < -0.4 is 10.6 Å². The first-order valence-corrected chi connectivity index (χ1v) is 9.62. The van der Waals surface area contributed by atoms with Crippen molar-refractivity contribution in [3.8, 4) is 0 Å². The summed E-state index contributed by atoms with van der Waals surface area (Å²) in [5.74, 6) is 0.183. The summed E-state index contributed by atoms with van der Waals surface area (Å²) < 4.78 is 0.908. The van der Waals surface area contributed by atoms with E-state index in [0.717, 1.165) is 28.6 Å². The predicted octanol–water partition coefficient (Wildman–Crippen LogP) is 4.71. The molecule has 1 atom stereocenters. The molecule has 1 aromatic heterocycles. The Morgan fingerprint density at radius 2 is 2.15 bits per heavy atom. The molecule has 4 rings (SSSR count). The van der Waals surface area contributed by atoms with Crippen molar-refractivity contribution in [3.05, 3.63) is 52.5 Å². The molecule has 0 saturated heterocycles. The second-order valence-electron chi connectivity index (χ2n) is 6.49. The molecule has 1 aliphatic carbocycles. The number of nitrogens with zero attached hydrogens (tertiary/aromatic N) is 1. The fourth-order valence-corrected chi connectivity index (χ4v) is 3.95. The number of amides is 1. The Hall–Kier alpha value is -2.15. The van der Waals surface area contributed by atoms with Crippen LogP contribution in [0.25, 0.3) is 10.2 Å². The van der Waals surface area contributed by atoms with Gasteiger partial charge in [-0.3, -0.25) is 4.79 Å². The number of aromatic nitrogens is 1. The number of thiazole rings is 1. The molecule has 0 bridgehead atoms. The number of aryl methyl sites for hydroxylation is 1. The van der Waals surface area contributed by atoms with E-state index in [0.29, 0.717) is 21.4 Å². The van der Waals surface area contributed by atoms with Crippen molar-refractivity contribution in [2.45, 2.75) is 26.0 Å². The van der Waals surface area contributed by atoms with Gasteiger partial charge < -0.3 is 15.7 Å². The van der Waals surface area contributed by atoms with Gasteiger partial charge in [0, 0.05) is 11.5 Å². The molecule has 0 radical (unpaired) electrons. The largest absolute Gasteiger partial charge is 0.369 e. The van der Waals surface area contributed by atoms with Crippen LogP contribution in [-0.2, 0) is 4.79 Å². The summed E-state index contributed by atoms with van der Waals surface area (Å²) in [6, 6.07) is 11.1. The van der Waals surface area contributed by atoms with E-state index in [4.69, 9.17) is 11.6 Å². The van der Waals surface area contributed by atoms with Crippen LogP contribution in [0.5, 0.6) is 0 Å². The van der Waals surface area contributed by atoms with E-state index < -0.39 is 6.23 Å². The van der Waals surface area contributed by atoms with Gasteiger partial charge in [0.05, 0.1) is 20.9 Å². The van der Waals surface area contributed by atoms with Gasteiger partial charge in [0.25, 0.3) is 0 Å². The van der Waals surface area contributed by atoms with Crippen molar-refractivity contribution in [2.75, 3.05) is 10.6 Å². The number of benzene rings is 2. The van der Waals surface area contributed by atoms with Crippen molar-refractivity contribution in [3.63, 3.8) is 0 Å². The Balaban J connectivity index is 1.55. The number of anilines is 2. The summed E-state index contributed by atoms with van der Waals surface area (Å²) in [6.45, 7) is 1.93. The highest BCUT2D eigenvalue weighted by molar-refractivity contribution is 7.22. The highest BCUT2D eigenvalue weighted by Crippen LogP contribution is 2.34. The summed E-state index contributed by atoms with van der Waals surface area (Å²) in [6.07, 6.45) is 1.02. The summed E-state index contributed by atoms with van der Waals surface area (Å²) in [5, 5.41) is 17.6. The topological polar surface area (TPSA) is 74.2 Å². The monoisotopic (exact) mass is 387 g/mol. The zero-order valence-corrected chi connectivity index (χ0v) is 15.7. The number of nitrogens with one attached hydrogen (secondary N) is 2. The molecule has 1 saturated carbocycles. The van der Waals surface area contributed by atoms with Crippen LogP contribution in [0.2, 0.25) is 5.02 Å². The molecule has 3 aromatic rings. The normalized spacial score (nSPS) is 15.0. The lowest BCUT2D eigenvalue weighted by Gasteiger charge is -2.17. The van der Waals surface area contributed by atoms with Crippen molar-refractivity contribution >= 4 is 49.9 Å². The van der Waals surface area contributed by atoms with Crippen LogP contribution in [0.15, 0.2) is 36.4 Å². The first-order chi connectivity index (χ1) is 12.5. The van der Waals surface area contributed by atoms with Gasteiger partial charge in [0.2, 0.25) is 5.91 Å². The van der Waals surface area contributed by atoms with E-state index in [1.807, 2.05) is 37.3 Å². The molecule has 5 nitrogen and oxygen atoms in total. The lowest BCUT2D eigenvalue weighted by atomic mass is 10.1. The van der Waals surface area contributed by atoms with Gasteiger partial charge >= 0.3 is 0 Å². The fourth-order valence-electron chi connectivity index (χ4n) is 2.75. The van der Waals surface area contributed by atoms with E-state index in [9.17, 15) is 9.90 Å². The number of aliphatic hydroxyl groups is 1. The smallest absolute Gasteiger partial charge is 0.229 e. The number of aliphatic hydroxyl groups excluding tert-OH is 1. The van der Waals surface area contributed by atoms with Gasteiger partial charge in [-0.05, 0) is 43.5 Å². The van der Waals surface area contributed by atoms with Crippen LogP contribution in [0.1, 0.15) is 30.2 Å². The number of carbonyl (C=O) groups is 1. The molecule has 26 heavy (non-hydrogen) atoms. The number of carbonyl (C=O) groups excluding carboxylic acids is 1. The Kier molecular flexibility index (Phi) is 4.56. The predicted molar refractivity (Wildman–Crippen MR) is 106 cm³/mol. The fraction of sp³-hybridized carbons (Fsp3) is 0.263. The Morgan fingerprint density at radius 1 is 1.35 bits per heavy atom. The van der Waals surface area contributed by atoms with Crippen LogP contribution >= 0.6 is 22.9 Å². The van der Waals surface area contributed by atoms with E-state index in [1.165, 1.54) is 11.3 Å². The van der Waals surface area contributed by atoms with Gasteiger partial charge in [-0.25, -0.2) is 4.98 Å². The van der Waals surface area contributed by atoms with Crippen LogP contribution in [0, 0.1) is 12.8 Å². The van der Waals surface area contributed by atoms with Crippen LogP contribution in [0.4, 0.5) is 10.8 Å². The van der Waals surface area contributed by atoms with Crippen molar-refractivity contribution in [1.82, 2.24) is 4.98 Å². The summed E-state index contributed by atoms with van der Waals surface area (Å²) in [4.78, 5) is 16.3. The van der Waals surface area contributed by atoms with Crippen LogP contribution in [-0.4, -0.2) is 16.0 Å². The van der Waals surface area contributed by atoms with Gasteiger partial charge in [-0.15, -0.1) is 0 Å². The van der Waals surface area contributed by atoms with Gasteiger partial charge in [0.1, 0.15) is 0 Å². The van der Waals surface area contributed by atoms with Gasteiger partial charge in [0.15, 0.2) is 11.4 Å². The quantitative estimate of drug-likeness (QED) is 0.554. The molecule has 1 aliphatic rings. The maximum atomic E-state index is 11.9. The number of fused-ring (bicyclic) bond motifs is 1. The lowest BCUT2D eigenvalue weighted by Crippen LogP contribution is -2.12. The Morgan fingerprint density at radius 3 is 2.88 bits per heavy atom. The zero-order chi connectivity index (χ0) is 18.3. The summed E-state index contributed by atoms with van der Waals surface area (Å²) in [7, 11) is 0. The van der Waals surface area contributed by atoms with Crippen molar-refractivity contribution < 1.29 is 9.90 Å². The average molecular weight is 388 g/mol. The van der Waals surface area contributed by atoms with Crippen molar-refractivity contribution in [2.24, 2.45) is 5.92 Å². The second kappa shape index (κ2) is 6.87. The van der Waals surface area contributed by atoms with Gasteiger partial charge in [-0.2, -0.15) is 0 Å². The van der Waals surface area contributed by atoms with Gasteiger partial charge in [-0.1, -0.05) is 41.1 Å². The number of halogens is 1. The molecular formula is C19H18ClN3O2S. The third-order valence-corrected chi connectivity index (χ3v) is 5.66. The summed E-state index contributed by atoms with van der Waals surface area (Å²) >= 11 is 7.62. The molecule has 2 aromatic carbocycles. The SMILES string of the molecule is Cc1cccc(Cl)c1NC(O)c1ccc2nc(NC(=O)C3CC3)sc2c1. The molecule has 7 heteroatoms. The Bertz CT molecular complexity index is 964. The number of rotatable bonds is 5. The minimum atomic E-state index is -0.899. The first-order valence-electron chi connectivity index (χ1n) is 8.42. The molecule has 0 spiro atoms. The number of hydrogen-bond donors (Lipinski definition) is 3. The van der Waals surface area contributed by atoms with E-state index in [1.54, 1.807) is 6.07 Å². The van der Waals surface area contributed by atoms with E-state index in [2.05, 4.69) is 15.6 Å². The average Bonchev–Trinajstić information content (AvgIpc) is 3.38. The maximum absolute atomic E-state index is 11.9. The summed E-state index contributed by atoms with van der Waals surface area (Å²) in [5.41, 5.74) is 3.18. The lowest BCUT2D eigenvalue weighted by molar-refractivity contribution is -0.117.